The fraction of sp³-hybridized carbons (Fsp3) is 0.333. The molecule has 0 amide bonds. The monoisotopic (exact) mass is 401 g/mol. The molecule has 6 nitrogen and oxygen atoms in total. The third-order valence-corrected chi connectivity index (χ3v) is 6.68. The van der Waals surface area contributed by atoms with Crippen molar-refractivity contribution >= 4 is 21.8 Å². The van der Waals surface area contributed by atoms with Gasteiger partial charge in [-0.15, -0.1) is 0 Å². The second-order valence-electron chi connectivity index (χ2n) is 6.81. The van der Waals surface area contributed by atoms with Crippen LogP contribution in [0.25, 0.3) is 0 Å². The predicted octanol–water partition coefficient (Wildman–Crippen LogP) is 3.67. The number of benzene rings is 2. The zero-order valence-corrected chi connectivity index (χ0v) is 16.6. The van der Waals surface area contributed by atoms with Crippen molar-refractivity contribution in [2.75, 3.05) is 13.1 Å². The SMILES string of the molecule is CC(=O)c1ccc(OC(=O)c2ccc(S(=O)(=O)N3CCCCCC3)cc2)cc1. The van der Waals surface area contributed by atoms with Gasteiger partial charge in [0.25, 0.3) is 0 Å². The minimum absolute atomic E-state index is 0.0703. The molecule has 0 spiro atoms. The fourth-order valence-electron chi connectivity index (χ4n) is 3.12. The first kappa shape index (κ1) is 20.2. The Labute approximate surface area is 165 Å². The van der Waals surface area contributed by atoms with Crippen molar-refractivity contribution in [2.45, 2.75) is 37.5 Å². The van der Waals surface area contributed by atoms with E-state index in [0.29, 0.717) is 24.4 Å². The van der Waals surface area contributed by atoms with E-state index in [1.54, 1.807) is 24.3 Å². The van der Waals surface area contributed by atoms with Crippen molar-refractivity contribution in [1.82, 2.24) is 4.31 Å². The fourth-order valence-corrected chi connectivity index (χ4v) is 4.63. The van der Waals surface area contributed by atoms with Gasteiger partial charge in [-0.3, -0.25) is 4.79 Å². The van der Waals surface area contributed by atoms with Gasteiger partial charge < -0.3 is 4.74 Å². The lowest BCUT2D eigenvalue weighted by atomic mass is 10.1. The molecule has 0 saturated carbocycles. The normalized spacial score (nSPS) is 15.6. The van der Waals surface area contributed by atoms with Crippen LogP contribution >= 0.6 is 0 Å². The maximum absolute atomic E-state index is 12.8. The van der Waals surface area contributed by atoms with Gasteiger partial charge in [-0.05, 0) is 68.3 Å². The van der Waals surface area contributed by atoms with E-state index in [4.69, 9.17) is 4.74 Å². The van der Waals surface area contributed by atoms with E-state index in [0.717, 1.165) is 25.7 Å². The summed E-state index contributed by atoms with van der Waals surface area (Å²) in [6.45, 7) is 2.52. The summed E-state index contributed by atoms with van der Waals surface area (Å²) in [7, 11) is -3.55. The van der Waals surface area contributed by atoms with Gasteiger partial charge in [0.15, 0.2) is 5.78 Å². The average Bonchev–Trinajstić information content (AvgIpc) is 2.98. The van der Waals surface area contributed by atoms with Crippen LogP contribution in [0.5, 0.6) is 5.75 Å². The van der Waals surface area contributed by atoms with E-state index < -0.39 is 16.0 Å². The van der Waals surface area contributed by atoms with E-state index in [1.807, 2.05) is 0 Å². The van der Waals surface area contributed by atoms with Gasteiger partial charge in [0.05, 0.1) is 10.5 Å². The molecule has 0 unspecified atom stereocenters. The third kappa shape index (κ3) is 4.66. The summed E-state index contributed by atoms with van der Waals surface area (Å²) >= 11 is 0. The van der Waals surface area contributed by atoms with Crippen LogP contribution in [-0.4, -0.2) is 37.6 Å². The standard InChI is InChI=1S/C21H23NO5S/c1-16(23)17-6-10-19(11-7-17)27-21(24)18-8-12-20(13-9-18)28(25,26)22-14-4-2-3-5-15-22/h6-13H,2-5,14-15H2,1H3. The second-order valence-corrected chi connectivity index (χ2v) is 8.75. The van der Waals surface area contributed by atoms with Crippen molar-refractivity contribution < 1.29 is 22.7 Å². The molecule has 148 valence electrons. The highest BCUT2D eigenvalue weighted by atomic mass is 32.2. The molecule has 0 aliphatic carbocycles. The average molecular weight is 401 g/mol. The maximum atomic E-state index is 12.8. The van der Waals surface area contributed by atoms with Crippen molar-refractivity contribution in [2.24, 2.45) is 0 Å². The van der Waals surface area contributed by atoms with E-state index in [2.05, 4.69) is 0 Å². The minimum atomic E-state index is -3.55. The van der Waals surface area contributed by atoms with E-state index >= 15 is 0 Å². The minimum Gasteiger partial charge on any atom is -0.423 e. The lowest BCUT2D eigenvalue weighted by Crippen LogP contribution is -2.31. The number of carbonyl (C=O) groups is 2. The molecular weight excluding hydrogens is 378 g/mol. The molecule has 7 heteroatoms. The Balaban J connectivity index is 1.70. The topological polar surface area (TPSA) is 80.8 Å². The predicted molar refractivity (Wildman–Crippen MR) is 105 cm³/mol. The zero-order chi connectivity index (χ0) is 20.1. The van der Waals surface area contributed by atoms with Gasteiger partial charge in [0.2, 0.25) is 10.0 Å². The maximum Gasteiger partial charge on any atom is 0.343 e. The van der Waals surface area contributed by atoms with Crippen molar-refractivity contribution in [1.29, 1.82) is 0 Å². The molecule has 1 saturated heterocycles. The van der Waals surface area contributed by atoms with Crippen molar-refractivity contribution in [3.8, 4) is 5.75 Å². The molecule has 28 heavy (non-hydrogen) atoms. The van der Waals surface area contributed by atoms with Crippen LogP contribution in [0.4, 0.5) is 0 Å². The zero-order valence-electron chi connectivity index (χ0n) is 15.8. The number of rotatable bonds is 5. The molecule has 0 aromatic heterocycles. The van der Waals surface area contributed by atoms with Gasteiger partial charge in [0, 0.05) is 18.7 Å². The largest absolute Gasteiger partial charge is 0.423 e. The smallest absolute Gasteiger partial charge is 0.343 e. The lowest BCUT2D eigenvalue weighted by Gasteiger charge is -2.19. The number of hydrogen-bond donors (Lipinski definition) is 0. The van der Waals surface area contributed by atoms with Gasteiger partial charge in [-0.1, -0.05) is 12.8 Å². The summed E-state index contributed by atoms with van der Waals surface area (Å²) in [6, 6.07) is 12.1. The molecule has 0 radical (unpaired) electrons. The molecule has 2 aromatic rings. The van der Waals surface area contributed by atoms with Gasteiger partial charge >= 0.3 is 5.97 Å². The van der Waals surface area contributed by atoms with Crippen LogP contribution < -0.4 is 4.74 Å². The summed E-state index contributed by atoms with van der Waals surface area (Å²) in [5.74, 6) is -0.343. The number of nitrogens with zero attached hydrogens (tertiary/aromatic N) is 1. The number of ether oxygens (including phenoxy) is 1. The van der Waals surface area contributed by atoms with E-state index in [9.17, 15) is 18.0 Å². The molecular formula is C21H23NO5S. The van der Waals surface area contributed by atoms with Gasteiger partial charge in [-0.2, -0.15) is 4.31 Å². The number of ketones is 1. The number of carbonyl (C=O) groups excluding carboxylic acids is 2. The second kappa shape index (κ2) is 8.67. The van der Waals surface area contributed by atoms with Crippen molar-refractivity contribution in [3.63, 3.8) is 0 Å². The Kier molecular flexibility index (Phi) is 6.26. The Morgan fingerprint density at radius 1 is 0.821 bits per heavy atom. The molecule has 1 fully saturated rings. The summed E-state index contributed by atoms with van der Waals surface area (Å²) < 4.78 is 32.4. The summed E-state index contributed by atoms with van der Waals surface area (Å²) in [4.78, 5) is 23.8. The Hall–Kier alpha value is -2.51. The molecule has 1 aliphatic heterocycles. The van der Waals surface area contributed by atoms with Gasteiger partial charge in [0.1, 0.15) is 5.75 Å². The lowest BCUT2D eigenvalue weighted by molar-refractivity contribution is 0.0734. The van der Waals surface area contributed by atoms with Crippen LogP contribution in [0.1, 0.15) is 53.3 Å². The number of Topliss-reactive ketones (excluding diaryl/α,β-unsaturated/α-hetero) is 1. The highest BCUT2D eigenvalue weighted by molar-refractivity contribution is 7.89. The summed E-state index contributed by atoms with van der Waals surface area (Å²) in [6.07, 6.45) is 3.83. The molecule has 2 aromatic carbocycles. The quantitative estimate of drug-likeness (QED) is 0.434. The number of sulfonamides is 1. The summed E-state index contributed by atoms with van der Waals surface area (Å²) in [5, 5.41) is 0. The highest BCUT2D eigenvalue weighted by Gasteiger charge is 2.25. The molecule has 3 rings (SSSR count). The molecule has 0 atom stereocenters. The third-order valence-electron chi connectivity index (χ3n) is 4.76. The van der Waals surface area contributed by atoms with Gasteiger partial charge in [-0.25, -0.2) is 13.2 Å². The first-order chi connectivity index (χ1) is 13.4. The molecule has 1 heterocycles. The first-order valence-corrected chi connectivity index (χ1v) is 10.8. The molecule has 0 N–H and O–H groups in total. The summed E-state index contributed by atoms with van der Waals surface area (Å²) in [5.41, 5.74) is 0.785. The Morgan fingerprint density at radius 3 is 1.89 bits per heavy atom. The van der Waals surface area contributed by atoms with Crippen molar-refractivity contribution in [3.05, 3.63) is 59.7 Å². The van der Waals surface area contributed by atoms with Crippen LogP contribution in [0.15, 0.2) is 53.4 Å². The van der Waals surface area contributed by atoms with Crippen LogP contribution in [0.3, 0.4) is 0 Å². The molecule has 1 aliphatic rings. The van der Waals surface area contributed by atoms with Crippen LogP contribution in [-0.2, 0) is 10.0 Å². The van der Waals surface area contributed by atoms with Crippen LogP contribution in [0, 0.1) is 0 Å². The number of esters is 1. The molecule has 0 bridgehead atoms. The Bertz CT molecular complexity index is 941. The Morgan fingerprint density at radius 2 is 1.36 bits per heavy atom. The first-order valence-electron chi connectivity index (χ1n) is 9.31. The van der Waals surface area contributed by atoms with Crippen LogP contribution in [0.2, 0.25) is 0 Å². The highest BCUT2D eigenvalue weighted by Crippen LogP contribution is 2.21. The number of hydrogen-bond acceptors (Lipinski definition) is 5. The van der Waals surface area contributed by atoms with E-state index in [-0.39, 0.29) is 16.2 Å². The van der Waals surface area contributed by atoms with E-state index in [1.165, 1.54) is 35.5 Å².